The average Bonchev–Trinajstić information content (AvgIpc) is 3.16. The van der Waals surface area contributed by atoms with Crippen LogP contribution in [0.1, 0.15) is 23.0 Å². The molecule has 0 radical (unpaired) electrons. The Morgan fingerprint density at radius 3 is 2.46 bits per heavy atom. The van der Waals surface area contributed by atoms with E-state index in [0.29, 0.717) is 19.8 Å². The van der Waals surface area contributed by atoms with Gasteiger partial charge in [0.25, 0.3) is 0 Å². The van der Waals surface area contributed by atoms with Crippen molar-refractivity contribution in [2.75, 3.05) is 20.3 Å². The van der Waals surface area contributed by atoms with Crippen LogP contribution in [0.2, 0.25) is 0 Å². The third kappa shape index (κ3) is 3.96. The van der Waals surface area contributed by atoms with Gasteiger partial charge in [0.05, 0.1) is 25.9 Å². The fourth-order valence-electron chi connectivity index (χ4n) is 2.63. The molecule has 3 rings (SSSR count). The summed E-state index contributed by atoms with van der Waals surface area (Å²) in [4.78, 5) is 0. The molecule has 0 aliphatic carbocycles. The Morgan fingerprint density at radius 1 is 1.08 bits per heavy atom. The predicted molar refractivity (Wildman–Crippen MR) is 92.3 cm³/mol. The number of methoxy groups -OCH3 is 1. The summed E-state index contributed by atoms with van der Waals surface area (Å²) in [7, 11) is 1.66. The van der Waals surface area contributed by atoms with Gasteiger partial charge in [0.15, 0.2) is 6.29 Å². The average molecular weight is 326 g/mol. The Balaban J connectivity index is 1.76. The van der Waals surface area contributed by atoms with Crippen LogP contribution in [0.4, 0.5) is 0 Å². The molecule has 1 aliphatic heterocycles. The van der Waals surface area contributed by atoms with E-state index in [9.17, 15) is 0 Å². The van der Waals surface area contributed by atoms with Crippen LogP contribution in [-0.2, 0) is 22.5 Å². The standard InChI is InChI=1S/C20H22O4/c1-3-4-15-7-10-19(18(13-15)20-22-11-12-23-20)24-14-16-5-8-17(21-2)9-6-16/h3,5-10,13,20H,1,4,11-12,14H2,2H3. The molecule has 1 fully saturated rings. The summed E-state index contributed by atoms with van der Waals surface area (Å²) in [6, 6.07) is 13.9. The minimum Gasteiger partial charge on any atom is -0.497 e. The molecule has 2 aromatic carbocycles. The predicted octanol–water partition coefficient (Wildman–Crippen LogP) is 4.05. The Kier molecular flexibility index (Phi) is 5.51. The van der Waals surface area contributed by atoms with Crippen molar-refractivity contribution in [3.05, 3.63) is 71.8 Å². The summed E-state index contributed by atoms with van der Waals surface area (Å²) in [5.41, 5.74) is 3.17. The van der Waals surface area contributed by atoms with Crippen molar-refractivity contribution in [2.45, 2.75) is 19.3 Å². The van der Waals surface area contributed by atoms with Gasteiger partial charge in [0.2, 0.25) is 0 Å². The van der Waals surface area contributed by atoms with Gasteiger partial charge in [-0.2, -0.15) is 0 Å². The van der Waals surface area contributed by atoms with Crippen LogP contribution in [0.15, 0.2) is 55.1 Å². The lowest BCUT2D eigenvalue weighted by atomic mass is 10.1. The van der Waals surface area contributed by atoms with E-state index >= 15 is 0 Å². The van der Waals surface area contributed by atoms with Crippen LogP contribution >= 0.6 is 0 Å². The molecular weight excluding hydrogens is 304 g/mol. The fourth-order valence-corrected chi connectivity index (χ4v) is 2.63. The molecule has 0 spiro atoms. The highest BCUT2D eigenvalue weighted by molar-refractivity contribution is 5.39. The second-order valence-electron chi connectivity index (χ2n) is 5.58. The van der Waals surface area contributed by atoms with Crippen LogP contribution in [-0.4, -0.2) is 20.3 Å². The van der Waals surface area contributed by atoms with Crippen LogP contribution in [0.5, 0.6) is 11.5 Å². The van der Waals surface area contributed by atoms with Crippen molar-refractivity contribution in [2.24, 2.45) is 0 Å². The third-order valence-electron chi connectivity index (χ3n) is 3.88. The Labute approximate surface area is 142 Å². The molecule has 0 saturated carbocycles. The van der Waals surface area contributed by atoms with Gasteiger partial charge >= 0.3 is 0 Å². The summed E-state index contributed by atoms with van der Waals surface area (Å²) < 4.78 is 22.5. The number of hydrogen-bond donors (Lipinski definition) is 0. The van der Waals surface area contributed by atoms with Crippen molar-refractivity contribution in [3.8, 4) is 11.5 Å². The molecule has 0 N–H and O–H groups in total. The maximum atomic E-state index is 6.02. The number of hydrogen-bond acceptors (Lipinski definition) is 4. The van der Waals surface area contributed by atoms with Crippen LogP contribution in [0.3, 0.4) is 0 Å². The van der Waals surface area contributed by atoms with E-state index in [2.05, 4.69) is 12.6 Å². The van der Waals surface area contributed by atoms with Crippen LogP contribution in [0.25, 0.3) is 0 Å². The van der Waals surface area contributed by atoms with E-state index in [1.54, 1.807) is 7.11 Å². The first kappa shape index (κ1) is 16.6. The van der Waals surface area contributed by atoms with Crippen molar-refractivity contribution < 1.29 is 18.9 Å². The molecule has 4 nitrogen and oxygen atoms in total. The first-order chi connectivity index (χ1) is 11.8. The third-order valence-corrected chi connectivity index (χ3v) is 3.88. The smallest absolute Gasteiger partial charge is 0.187 e. The quantitative estimate of drug-likeness (QED) is 0.719. The number of rotatable bonds is 7. The minimum absolute atomic E-state index is 0.361. The fraction of sp³-hybridized carbons (Fsp3) is 0.300. The first-order valence-electron chi connectivity index (χ1n) is 8.03. The van der Waals surface area contributed by atoms with Crippen molar-refractivity contribution in [3.63, 3.8) is 0 Å². The monoisotopic (exact) mass is 326 g/mol. The Hall–Kier alpha value is -2.30. The van der Waals surface area contributed by atoms with Gasteiger partial charge in [-0.25, -0.2) is 0 Å². The Bertz CT molecular complexity index is 673. The highest BCUT2D eigenvalue weighted by atomic mass is 16.7. The normalized spacial score (nSPS) is 14.5. The van der Waals surface area contributed by atoms with Crippen LogP contribution in [0, 0.1) is 0 Å². The summed E-state index contributed by atoms with van der Waals surface area (Å²) in [6.07, 6.45) is 2.33. The molecule has 0 atom stereocenters. The number of ether oxygens (including phenoxy) is 4. The van der Waals surface area contributed by atoms with Crippen molar-refractivity contribution >= 4 is 0 Å². The molecule has 0 unspecified atom stereocenters. The first-order valence-corrected chi connectivity index (χ1v) is 8.03. The summed E-state index contributed by atoms with van der Waals surface area (Å²) in [6.45, 7) is 5.48. The van der Waals surface area contributed by atoms with E-state index in [1.165, 1.54) is 0 Å². The van der Waals surface area contributed by atoms with Gasteiger partial charge in [-0.15, -0.1) is 6.58 Å². The van der Waals surface area contributed by atoms with Gasteiger partial charge < -0.3 is 18.9 Å². The zero-order valence-electron chi connectivity index (χ0n) is 13.9. The van der Waals surface area contributed by atoms with E-state index in [1.807, 2.05) is 42.5 Å². The number of allylic oxidation sites excluding steroid dienone is 1. The summed E-state index contributed by atoms with van der Waals surface area (Å²) in [5.74, 6) is 1.62. The molecule has 2 aromatic rings. The van der Waals surface area contributed by atoms with Crippen molar-refractivity contribution in [1.29, 1.82) is 0 Å². The van der Waals surface area contributed by atoms with Gasteiger partial charge in [-0.1, -0.05) is 24.3 Å². The summed E-state index contributed by atoms with van der Waals surface area (Å²) in [5, 5.41) is 0. The second-order valence-corrected chi connectivity index (χ2v) is 5.58. The van der Waals surface area contributed by atoms with E-state index in [4.69, 9.17) is 18.9 Å². The zero-order valence-corrected chi connectivity index (χ0v) is 13.9. The molecule has 24 heavy (non-hydrogen) atoms. The maximum Gasteiger partial charge on any atom is 0.187 e. The van der Waals surface area contributed by atoms with Gasteiger partial charge in [-0.05, 0) is 41.8 Å². The highest BCUT2D eigenvalue weighted by Crippen LogP contribution is 2.33. The van der Waals surface area contributed by atoms with Gasteiger partial charge in [0.1, 0.15) is 18.1 Å². The molecular formula is C20H22O4. The van der Waals surface area contributed by atoms with E-state index in [-0.39, 0.29) is 6.29 Å². The molecule has 0 amide bonds. The topological polar surface area (TPSA) is 36.9 Å². The lowest BCUT2D eigenvalue weighted by molar-refractivity contribution is -0.0459. The molecule has 0 bridgehead atoms. The van der Waals surface area contributed by atoms with Gasteiger partial charge in [-0.3, -0.25) is 0 Å². The van der Waals surface area contributed by atoms with E-state index < -0.39 is 0 Å². The molecule has 0 aromatic heterocycles. The minimum atomic E-state index is -0.361. The van der Waals surface area contributed by atoms with Crippen LogP contribution < -0.4 is 9.47 Å². The molecule has 1 heterocycles. The van der Waals surface area contributed by atoms with Gasteiger partial charge in [0, 0.05) is 0 Å². The maximum absolute atomic E-state index is 6.02. The molecule has 1 saturated heterocycles. The van der Waals surface area contributed by atoms with Crippen molar-refractivity contribution in [1.82, 2.24) is 0 Å². The lowest BCUT2D eigenvalue weighted by Crippen LogP contribution is -2.05. The number of benzene rings is 2. The molecule has 1 aliphatic rings. The molecule has 4 heteroatoms. The zero-order chi connectivity index (χ0) is 16.8. The summed E-state index contributed by atoms with van der Waals surface area (Å²) >= 11 is 0. The van der Waals surface area contributed by atoms with E-state index in [0.717, 1.165) is 34.6 Å². The second kappa shape index (κ2) is 7.99. The molecule has 126 valence electrons. The highest BCUT2D eigenvalue weighted by Gasteiger charge is 2.22. The SMILES string of the molecule is C=CCc1ccc(OCc2ccc(OC)cc2)c(C2OCCO2)c1. The Morgan fingerprint density at radius 2 is 1.79 bits per heavy atom. The lowest BCUT2D eigenvalue weighted by Gasteiger charge is -2.17. The largest absolute Gasteiger partial charge is 0.497 e.